The van der Waals surface area contributed by atoms with Crippen LogP contribution in [0.5, 0.6) is 11.5 Å². The number of hydrogen-bond acceptors (Lipinski definition) is 4. The van der Waals surface area contributed by atoms with E-state index >= 15 is 0 Å². The molecule has 1 heterocycles. The van der Waals surface area contributed by atoms with Gasteiger partial charge in [0.2, 0.25) is 0 Å². The summed E-state index contributed by atoms with van der Waals surface area (Å²) >= 11 is 0. The van der Waals surface area contributed by atoms with Gasteiger partial charge in [0.15, 0.2) is 21.4 Å². The number of hydrogen-bond donors (Lipinski definition) is 0. The number of likely N-dealkylation sites (N-methyl/N-ethyl adjacent to an activating group) is 1. The van der Waals surface area contributed by atoms with Gasteiger partial charge in [-0.3, -0.25) is 0 Å². The molecular formula is C21H18F5NO3S. The Bertz CT molecular complexity index is 1170. The highest BCUT2D eigenvalue weighted by Crippen LogP contribution is 2.38. The molecule has 4 nitrogen and oxygen atoms in total. The van der Waals surface area contributed by atoms with Crippen molar-refractivity contribution in [3.05, 3.63) is 71.4 Å². The molecule has 2 aromatic carbocycles. The molecule has 1 aliphatic rings. The van der Waals surface area contributed by atoms with Gasteiger partial charge in [-0.15, -0.1) is 0 Å². The van der Waals surface area contributed by atoms with Crippen LogP contribution in [0.25, 0.3) is 5.57 Å². The summed E-state index contributed by atoms with van der Waals surface area (Å²) in [5, 5.41) is 0. The summed E-state index contributed by atoms with van der Waals surface area (Å²) in [5.41, 5.74) is -0.784. The smallest absolute Gasteiger partial charge is 0.414 e. The zero-order valence-electron chi connectivity index (χ0n) is 16.5. The summed E-state index contributed by atoms with van der Waals surface area (Å²) in [7, 11) is -2.25. The average molecular weight is 459 g/mol. The van der Waals surface area contributed by atoms with Gasteiger partial charge in [-0.05, 0) is 36.4 Å². The summed E-state index contributed by atoms with van der Waals surface area (Å²) in [6.07, 6.45) is -2.29. The van der Waals surface area contributed by atoms with E-state index in [2.05, 4.69) is 0 Å². The summed E-state index contributed by atoms with van der Waals surface area (Å²) in [5.74, 6) is -2.51. The van der Waals surface area contributed by atoms with Crippen LogP contribution in [0.4, 0.5) is 22.0 Å². The van der Waals surface area contributed by atoms with Crippen LogP contribution in [0.1, 0.15) is 12.5 Å². The largest absolute Gasteiger partial charge is 0.454 e. The standard InChI is InChI=1S/C21H18F5NO3S/c1-3-31(28,29)16-5-7-19(30-20-6-4-15(22)9-18(20)23)17(10-16)13-8-14(21(24,25)26)12-27(2)11-13/h4-11H,3,12H2,1-2H3. The van der Waals surface area contributed by atoms with Gasteiger partial charge in [0, 0.05) is 37.0 Å². The molecule has 1 aliphatic heterocycles. The van der Waals surface area contributed by atoms with E-state index in [1.807, 2.05) is 0 Å². The molecule has 0 amide bonds. The molecule has 31 heavy (non-hydrogen) atoms. The number of nitrogens with zero attached hydrogens (tertiary/aromatic N) is 1. The van der Waals surface area contributed by atoms with Gasteiger partial charge in [-0.25, -0.2) is 17.2 Å². The minimum atomic E-state index is -4.59. The van der Waals surface area contributed by atoms with Crippen LogP contribution in [0, 0.1) is 11.6 Å². The van der Waals surface area contributed by atoms with Crippen LogP contribution < -0.4 is 4.74 Å². The van der Waals surface area contributed by atoms with E-state index in [1.54, 1.807) is 0 Å². The fraction of sp³-hybridized carbons (Fsp3) is 0.238. The maximum Gasteiger partial charge on any atom is 0.414 e. The molecule has 3 rings (SSSR count). The van der Waals surface area contributed by atoms with Crippen LogP contribution in [0.2, 0.25) is 0 Å². The van der Waals surface area contributed by atoms with Crippen molar-refractivity contribution in [2.45, 2.75) is 18.0 Å². The highest BCUT2D eigenvalue weighted by molar-refractivity contribution is 7.91. The first-order valence-corrected chi connectivity index (χ1v) is 10.8. The van der Waals surface area contributed by atoms with E-state index < -0.39 is 33.2 Å². The molecule has 0 saturated heterocycles. The lowest BCUT2D eigenvalue weighted by atomic mass is 9.99. The molecule has 0 N–H and O–H groups in total. The van der Waals surface area contributed by atoms with Crippen molar-refractivity contribution in [3.8, 4) is 11.5 Å². The maximum atomic E-state index is 14.1. The zero-order valence-corrected chi connectivity index (χ0v) is 17.3. The van der Waals surface area contributed by atoms with E-state index in [4.69, 9.17) is 4.74 Å². The van der Waals surface area contributed by atoms with Crippen molar-refractivity contribution in [1.82, 2.24) is 4.90 Å². The Kier molecular flexibility index (Phi) is 6.13. The van der Waals surface area contributed by atoms with Gasteiger partial charge in [-0.2, -0.15) is 13.2 Å². The third-order valence-electron chi connectivity index (χ3n) is 4.59. The summed E-state index contributed by atoms with van der Waals surface area (Å²) in [6, 6.07) is 6.23. The molecule has 0 spiro atoms. The van der Waals surface area contributed by atoms with Gasteiger partial charge >= 0.3 is 6.18 Å². The lowest BCUT2D eigenvalue weighted by Crippen LogP contribution is -2.27. The molecule has 0 radical (unpaired) electrons. The molecule has 10 heteroatoms. The molecule has 0 saturated carbocycles. The molecule has 0 fully saturated rings. The van der Waals surface area contributed by atoms with E-state index in [0.717, 1.165) is 18.2 Å². The van der Waals surface area contributed by atoms with Crippen molar-refractivity contribution >= 4 is 15.4 Å². The maximum absolute atomic E-state index is 14.1. The molecule has 166 valence electrons. The lowest BCUT2D eigenvalue weighted by molar-refractivity contribution is -0.0947. The van der Waals surface area contributed by atoms with Gasteiger partial charge in [0.1, 0.15) is 11.6 Å². The number of ether oxygens (including phenoxy) is 1. The van der Waals surface area contributed by atoms with E-state index in [-0.39, 0.29) is 39.8 Å². The van der Waals surface area contributed by atoms with Crippen LogP contribution in [0.15, 0.2) is 59.1 Å². The van der Waals surface area contributed by atoms with E-state index in [1.165, 1.54) is 43.3 Å². The van der Waals surface area contributed by atoms with Gasteiger partial charge in [0.25, 0.3) is 0 Å². The van der Waals surface area contributed by atoms with Gasteiger partial charge < -0.3 is 9.64 Å². The monoisotopic (exact) mass is 459 g/mol. The van der Waals surface area contributed by atoms with Gasteiger partial charge in [0.05, 0.1) is 16.2 Å². The molecule has 0 unspecified atom stereocenters. The second kappa shape index (κ2) is 8.33. The molecule has 0 bridgehead atoms. The Hall–Kier alpha value is -2.88. The third kappa shape index (κ3) is 5.07. The fourth-order valence-electron chi connectivity index (χ4n) is 3.00. The first-order chi connectivity index (χ1) is 14.4. The van der Waals surface area contributed by atoms with Crippen LogP contribution >= 0.6 is 0 Å². The Morgan fingerprint density at radius 3 is 2.35 bits per heavy atom. The van der Waals surface area contributed by atoms with Crippen molar-refractivity contribution in [2.24, 2.45) is 0 Å². The summed E-state index contributed by atoms with van der Waals surface area (Å²) < 4.78 is 97.4. The van der Waals surface area contributed by atoms with Crippen LogP contribution in [-0.2, 0) is 9.84 Å². The first kappa shape index (κ1) is 22.8. The lowest BCUT2D eigenvalue weighted by Gasteiger charge is -2.25. The molecule has 0 aromatic heterocycles. The highest BCUT2D eigenvalue weighted by Gasteiger charge is 2.35. The summed E-state index contributed by atoms with van der Waals surface area (Å²) in [6.45, 7) is 1.05. The highest BCUT2D eigenvalue weighted by atomic mass is 32.2. The zero-order chi connectivity index (χ0) is 23.0. The second-order valence-corrected chi connectivity index (χ2v) is 9.18. The van der Waals surface area contributed by atoms with Crippen LogP contribution in [0.3, 0.4) is 0 Å². The minimum absolute atomic E-state index is 0.0200. The van der Waals surface area contributed by atoms with E-state index in [0.29, 0.717) is 6.07 Å². The second-order valence-electron chi connectivity index (χ2n) is 6.91. The number of rotatable bonds is 5. The van der Waals surface area contributed by atoms with Crippen LogP contribution in [-0.4, -0.2) is 38.8 Å². The Balaban J connectivity index is 2.17. The third-order valence-corrected chi connectivity index (χ3v) is 6.32. The predicted molar refractivity (Wildman–Crippen MR) is 105 cm³/mol. The SMILES string of the molecule is CCS(=O)(=O)c1ccc(Oc2ccc(F)cc2F)c(C2=CN(C)CC(C(F)(F)F)=C2)c1. The number of alkyl halides is 3. The molecular weight excluding hydrogens is 441 g/mol. The molecule has 0 atom stereocenters. The van der Waals surface area contributed by atoms with E-state index in [9.17, 15) is 30.4 Å². The Labute approximate surface area is 176 Å². The quantitative estimate of drug-likeness (QED) is 0.568. The summed E-state index contributed by atoms with van der Waals surface area (Å²) in [4.78, 5) is 1.18. The first-order valence-electron chi connectivity index (χ1n) is 9.10. The Morgan fingerprint density at radius 2 is 1.74 bits per heavy atom. The van der Waals surface area contributed by atoms with Crippen molar-refractivity contribution < 1.29 is 35.1 Å². The normalized spacial score (nSPS) is 14.9. The number of sulfone groups is 1. The number of allylic oxidation sites excluding steroid dienone is 2. The molecule has 0 aliphatic carbocycles. The average Bonchev–Trinajstić information content (AvgIpc) is 2.69. The minimum Gasteiger partial charge on any atom is -0.454 e. The fourth-order valence-corrected chi connectivity index (χ4v) is 3.91. The topological polar surface area (TPSA) is 46.6 Å². The predicted octanol–water partition coefficient (Wildman–Crippen LogP) is 5.33. The van der Waals surface area contributed by atoms with Crippen molar-refractivity contribution in [1.29, 1.82) is 0 Å². The van der Waals surface area contributed by atoms with Crippen molar-refractivity contribution in [3.63, 3.8) is 0 Å². The van der Waals surface area contributed by atoms with Gasteiger partial charge in [-0.1, -0.05) is 6.92 Å². The molecule has 2 aromatic rings. The number of halogens is 5. The van der Waals surface area contributed by atoms with Crippen molar-refractivity contribution in [2.75, 3.05) is 19.3 Å². The Morgan fingerprint density at radius 1 is 1.06 bits per heavy atom. The number of benzene rings is 2.